The Morgan fingerprint density at radius 2 is 1.51 bits per heavy atom. The number of fused-ring (bicyclic) bond motifs is 1. The largest absolute Gasteiger partial charge is 0.456 e. The molecular weight excluding hydrogens is 488 g/mol. The third-order valence-corrected chi connectivity index (χ3v) is 6.76. The summed E-state index contributed by atoms with van der Waals surface area (Å²) in [5, 5.41) is 15.2. The number of carbonyl (C=O) groups excluding carboxylic acids is 2. The van der Waals surface area contributed by atoms with Gasteiger partial charge in [0.25, 0.3) is 0 Å². The fourth-order valence-corrected chi connectivity index (χ4v) is 4.74. The van der Waals surface area contributed by atoms with E-state index < -0.39 is 24.1 Å². The number of hydrogen-bond donors (Lipinski definition) is 2. The first-order valence-electron chi connectivity index (χ1n) is 13.5. The Hall–Kier alpha value is -4.03. The molecule has 6 nitrogen and oxygen atoms in total. The third-order valence-electron chi connectivity index (χ3n) is 6.76. The van der Waals surface area contributed by atoms with Crippen molar-refractivity contribution in [3.63, 3.8) is 0 Å². The van der Waals surface area contributed by atoms with Gasteiger partial charge in [0.1, 0.15) is 6.10 Å². The van der Waals surface area contributed by atoms with Gasteiger partial charge in [0, 0.05) is 30.5 Å². The number of carbonyl (C=O) groups is 2. The molecule has 3 atom stereocenters. The highest BCUT2D eigenvalue weighted by Gasteiger charge is 2.30. The van der Waals surface area contributed by atoms with E-state index in [-0.39, 0.29) is 18.2 Å². The fraction of sp³-hybridized carbons (Fsp3) is 0.303. The van der Waals surface area contributed by atoms with Crippen molar-refractivity contribution in [3.8, 4) is 0 Å². The molecule has 0 aliphatic rings. The van der Waals surface area contributed by atoms with Crippen LogP contribution in [0, 0.1) is 11.8 Å². The standard InChI is InChI=1S/C33H36N2O4/c1-23(2)17-27(32(37)35-21-25-13-7-4-8-14-25)20-30(36)31(18-24-11-5-3-6-12-24)39-33(38)28-19-26-15-9-10-16-29(26)34-22-28/h3-16,19,22-23,27,30-31,36H,17-18,20-21H2,1-2H3,(H,35,37)/t27-,30+,31+/m1/s1. The Morgan fingerprint density at radius 3 is 2.21 bits per heavy atom. The second-order valence-electron chi connectivity index (χ2n) is 10.4. The maximum absolute atomic E-state index is 13.2. The van der Waals surface area contributed by atoms with Crippen molar-refractivity contribution in [1.82, 2.24) is 10.3 Å². The minimum Gasteiger partial charge on any atom is -0.456 e. The summed E-state index contributed by atoms with van der Waals surface area (Å²) in [5.41, 5.74) is 3.04. The van der Waals surface area contributed by atoms with Crippen LogP contribution in [0.2, 0.25) is 0 Å². The molecule has 1 amide bonds. The Kier molecular flexibility index (Phi) is 9.81. The van der Waals surface area contributed by atoms with E-state index in [2.05, 4.69) is 24.1 Å². The summed E-state index contributed by atoms with van der Waals surface area (Å²) < 4.78 is 5.91. The van der Waals surface area contributed by atoms with Gasteiger partial charge in [-0.15, -0.1) is 0 Å². The lowest BCUT2D eigenvalue weighted by Crippen LogP contribution is -2.39. The van der Waals surface area contributed by atoms with E-state index in [9.17, 15) is 14.7 Å². The fourth-order valence-electron chi connectivity index (χ4n) is 4.74. The van der Waals surface area contributed by atoms with Crippen LogP contribution in [0.4, 0.5) is 0 Å². The van der Waals surface area contributed by atoms with Crippen molar-refractivity contribution >= 4 is 22.8 Å². The summed E-state index contributed by atoms with van der Waals surface area (Å²) in [6, 6.07) is 28.6. The first-order valence-corrected chi connectivity index (χ1v) is 13.5. The van der Waals surface area contributed by atoms with Crippen molar-refractivity contribution in [2.24, 2.45) is 11.8 Å². The van der Waals surface area contributed by atoms with Crippen molar-refractivity contribution in [2.75, 3.05) is 0 Å². The Morgan fingerprint density at radius 1 is 0.872 bits per heavy atom. The zero-order valence-corrected chi connectivity index (χ0v) is 22.5. The van der Waals surface area contributed by atoms with E-state index in [1.807, 2.05) is 84.9 Å². The van der Waals surface area contributed by atoms with E-state index in [1.165, 1.54) is 6.20 Å². The second-order valence-corrected chi connectivity index (χ2v) is 10.4. The number of benzene rings is 3. The van der Waals surface area contributed by atoms with Crippen LogP contribution in [-0.4, -0.2) is 34.2 Å². The molecule has 1 heterocycles. The van der Waals surface area contributed by atoms with Gasteiger partial charge in [0.15, 0.2) is 0 Å². The summed E-state index contributed by atoms with van der Waals surface area (Å²) in [5.74, 6) is -0.844. The smallest absolute Gasteiger partial charge is 0.340 e. The summed E-state index contributed by atoms with van der Waals surface area (Å²) in [6.07, 6.45) is 0.749. The van der Waals surface area contributed by atoms with Crippen LogP contribution in [0.15, 0.2) is 97.2 Å². The highest BCUT2D eigenvalue weighted by atomic mass is 16.6. The van der Waals surface area contributed by atoms with E-state index >= 15 is 0 Å². The number of para-hydroxylation sites is 1. The molecule has 6 heteroatoms. The maximum atomic E-state index is 13.2. The van der Waals surface area contributed by atoms with Gasteiger partial charge >= 0.3 is 5.97 Å². The molecule has 202 valence electrons. The lowest BCUT2D eigenvalue weighted by Gasteiger charge is -2.27. The van der Waals surface area contributed by atoms with Crippen LogP contribution in [-0.2, 0) is 22.5 Å². The van der Waals surface area contributed by atoms with Gasteiger partial charge in [0.2, 0.25) is 5.91 Å². The predicted molar refractivity (Wildman–Crippen MR) is 153 cm³/mol. The molecule has 0 saturated heterocycles. The average molecular weight is 525 g/mol. The normalized spacial score (nSPS) is 13.5. The first kappa shape index (κ1) is 28.0. The first-order chi connectivity index (χ1) is 18.9. The zero-order chi connectivity index (χ0) is 27.6. The summed E-state index contributed by atoms with van der Waals surface area (Å²) in [7, 11) is 0. The minimum absolute atomic E-state index is 0.116. The average Bonchev–Trinajstić information content (AvgIpc) is 2.95. The molecular formula is C33H36N2O4. The third kappa shape index (κ3) is 8.23. The highest BCUT2D eigenvalue weighted by Crippen LogP contribution is 2.23. The molecule has 4 rings (SSSR count). The summed E-state index contributed by atoms with van der Waals surface area (Å²) in [4.78, 5) is 30.8. The number of aliphatic hydroxyl groups excluding tert-OH is 1. The van der Waals surface area contributed by atoms with Crippen LogP contribution in [0.25, 0.3) is 10.9 Å². The molecule has 0 fully saturated rings. The number of amides is 1. The van der Waals surface area contributed by atoms with Gasteiger partial charge < -0.3 is 15.2 Å². The Bertz CT molecular complexity index is 1360. The van der Waals surface area contributed by atoms with Gasteiger partial charge in [-0.1, -0.05) is 92.7 Å². The van der Waals surface area contributed by atoms with Crippen LogP contribution >= 0.6 is 0 Å². The lowest BCUT2D eigenvalue weighted by molar-refractivity contribution is -0.127. The molecule has 0 bridgehead atoms. The number of nitrogens with zero attached hydrogens (tertiary/aromatic N) is 1. The highest BCUT2D eigenvalue weighted by molar-refractivity contribution is 5.93. The Labute approximate surface area is 230 Å². The van der Waals surface area contributed by atoms with Crippen LogP contribution < -0.4 is 5.32 Å². The molecule has 2 N–H and O–H groups in total. The number of aliphatic hydroxyl groups is 1. The number of nitrogens with one attached hydrogen (secondary N) is 1. The number of pyridine rings is 1. The number of rotatable bonds is 12. The van der Waals surface area contributed by atoms with Gasteiger partial charge in [0.05, 0.1) is 17.2 Å². The van der Waals surface area contributed by atoms with Gasteiger partial charge in [-0.3, -0.25) is 9.78 Å². The Balaban J connectivity index is 1.50. The van der Waals surface area contributed by atoms with Gasteiger partial charge in [-0.25, -0.2) is 4.79 Å². The molecule has 1 aromatic heterocycles. The SMILES string of the molecule is CC(C)C[C@H](C[C@H](O)[C@H](Cc1ccccc1)OC(=O)c1cnc2ccccc2c1)C(=O)NCc1ccccc1. The van der Waals surface area contributed by atoms with Crippen molar-refractivity contribution in [3.05, 3.63) is 114 Å². The zero-order valence-electron chi connectivity index (χ0n) is 22.5. The van der Waals surface area contributed by atoms with Crippen LogP contribution in [0.3, 0.4) is 0 Å². The quantitative estimate of drug-likeness (QED) is 0.231. The van der Waals surface area contributed by atoms with Gasteiger partial charge in [-0.05, 0) is 42.0 Å². The summed E-state index contributed by atoms with van der Waals surface area (Å²) >= 11 is 0. The molecule has 0 aliphatic carbocycles. The molecule has 0 unspecified atom stereocenters. The van der Waals surface area contributed by atoms with E-state index in [0.717, 1.165) is 22.0 Å². The number of ether oxygens (including phenoxy) is 1. The molecule has 39 heavy (non-hydrogen) atoms. The number of hydrogen-bond acceptors (Lipinski definition) is 5. The molecule has 0 spiro atoms. The predicted octanol–water partition coefficient (Wildman–Crippen LogP) is 5.73. The van der Waals surface area contributed by atoms with E-state index in [1.54, 1.807) is 6.07 Å². The van der Waals surface area contributed by atoms with E-state index in [0.29, 0.717) is 24.9 Å². The molecule has 0 saturated carbocycles. The van der Waals surface area contributed by atoms with Crippen molar-refractivity contribution in [1.29, 1.82) is 0 Å². The minimum atomic E-state index is -1.03. The maximum Gasteiger partial charge on any atom is 0.340 e. The lowest BCUT2D eigenvalue weighted by atomic mass is 9.88. The van der Waals surface area contributed by atoms with E-state index in [4.69, 9.17) is 4.74 Å². The monoisotopic (exact) mass is 524 g/mol. The molecule has 4 aromatic rings. The van der Waals surface area contributed by atoms with Gasteiger partial charge in [-0.2, -0.15) is 0 Å². The van der Waals surface area contributed by atoms with Crippen molar-refractivity contribution < 1.29 is 19.4 Å². The van der Waals surface area contributed by atoms with Crippen LogP contribution in [0.5, 0.6) is 0 Å². The number of aromatic nitrogens is 1. The number of esters is 1. The second kappa shape index (κ2) is 13.7. The topological polar surface area (TPSA) is 88.5 Å². The molecule has 0 aliphatic heterocycles. The van der Waals surface area contributed by atoms with Crippen molar-refractivity contribution in [2.45, 2.75) is 51.9 Å². The van der Waals surface area contributed by atoms with Crippen LogP contribution in [0.1, 0.15) is 48.2 Å². The summed E-state index contributed by atoms with van der Waals surface area (Å²) in [6.45, 7) is 4.53. The molecule has 0 radical (unpaired) electrons. The molecule has 3 aromatic carbocycles.